The molecule has 0 atom stereocenters. The summed E-state index contributed by atoms with van der Waals surface area (Å²) >= 11 is 0. The van der Waals surface area contributed by atoms with Gasteiger partial charge in [0.1, 0.15) is 0 Å². The molecule has 0 fully saturated rings. The van der Waals surface area contributed by atoms with Crippen LogP contribution in [0.3, 0.4) is 0 Å². The minimum Gasteiger partial charge on any atom is -0.565 e. The first kappa shape index (κ1) is 15.0. The smallest absolute Gasteiger partial charge is 0.565 e. The SMILES string of the molecule is Cc1ccccc1C.O=C([O-])O.[Na+]. The second kappa shape index (κ2) is 8.10. The maximum Gasteiger partial charge on any atom is 1.00 e. The van der Waals surface area contributed by atoms with Crippen LogP contribution in [0.1, 0.15) is 11.1 Å². The maximum absolute atomic E-state index is 8.44. The zero-order valence-corrected chi connectivity index (χ0v) is 10.1. The fraction of sp³-hybridized carbons (Fsp3) is 0.222. The van der Waals surface area contributed by atoms with Gasteiger partial charge in [-0.2, -0.15) is 0 Å². The number of hydrogen-bond acceptors (Lipinski definition) is 2. The van der Waals surface area contributed by atoms with Gasteiger partial charge in [-0.1, -0.05) is 24.3 Å². The average molecular weight is 190 g/mol. The van der Waals surface area contributed by atoms with Gasteiger partial charge in [0.2, 0.25) is 6.16 Å². The molecule has 3 nitrogen and oxygen atoms in total. The summed E-state index contributed by atoms with van der Waals surface area (Å²) in [5.41, 5.74) is 2.74. The van der Waals surface area contributed by atoms with Crippen LogP contribution in [-0.4, -0.2) is 11.3 Å². The quantitative estimate of drug-likeness (QED) is 0.491. The van der Waals surface area contributed by atoms with E-state index in [0.29, 0.717) is 0 Å². The third-order valence-electron chi connectivity index (χ3n) is 1.43. The van der Waals surface area contributed by atoms with Crippen LogP contribution in [-0.2, 0) is 0 Å². The molecule has 0 saturated carbocycles. The first-order valence-electron chi connectivity index (χ1n) is 3.46. The predicted molar refractivity (Wildman–Crippen MR) is 43.9 cm³/mol. The van der Waals surface area contributed by atoms with Gasteiger partial charge in [-0.3, -0.25) is 0 Å². The van der Waals surface area contributed by atoms with Gasteiger partial charge >= 0.3 is 29.6 Å². The van der Waals surface area contributed by atoms with Gasteiger partial charge in [-0.05, 0) is 25.0 Å². The Labute approximate surface area is 99.7 Å². The Balaban J connectivity index is 0. The first-order valence-corrected chi connectivity index (χ1v) is 3.46. The molecule has 0 amide bonds. The number of carbonyl (C=O) groups is 1. The predicted octanol–water partition coefficient (Wildman–Crippen LogP) is -1.80. The Morgan fingerprint density at radius 1 is 1.23 bits per heavy atom. The van der Waals surface area contributed by atoms with E-state index in [0.717, 1.165) is 0 Å². The van der Waals surface area contributed by atoms with Gasteiger partial charge in [0.05, 0.1) is 0 Å². The molecule has 0 aliphatic heterocycles. The van der Waals surface area contributed by atoms with Crippen molar-refractivity contribution in [2.75, 3.05) is 0 Å². The molecule has 0 aromatic heterocycles. The van der Waals surface area contributed by atoms with Crippen LogP contribution < -0.4 is 34.7 Å². The summed E-state index contributed by atoms with van der Waals surface area (Å²) in [6, 6.07) is 8.36. The van der Waals surface area contributed by atoms with Crippen molar-refractivity contribution in [1.82, 2.24) is 0 Å². The van der Waals surface area contributed by atoms with Gasteiger partial charge < -0.3 is 15.0 Å². The Morgan fingerprint density at radius 2 is 1.46 bits per heavy atom. The molecule has 13 heavy (non-hydrogen) atoms. The van der Waals surface area contributed by atoms with Crippen LogP contribution in [0.5, 0.6) is 0 Å². The molecule has 1 aromatic carbocycles. The Kier molecular flexibility index (Phi) is 9.34. The van der Waals surface area contributed by atoms with Crippen LogP contribution in [0.15, 0.2) is 24.3 Å². The van der Waals surface area contributed by atoms with Crippen molar-refractivity contribution in [3.63, 3.8) is 0 Å². The molecular weight excluding hydrogens is 179 g/mol. The molecule has 0 unspecified atom stereocenters. The van der Waals surface area contributed by atoms with Crippen LogP contribution in [0.2, 0.25) is 0 Å². The van der Waals surface area contributed by atoms with E-state index >= 15 is 0 Å². The van der Waals surface area contributed by atoms with E-state index in [1.54, 1.807) is 0 Å². The molecule has 0 spiro atoms. The van der Waals surface area contributed by atoms with Crippen molar-refractivity contribution in [3.8, 4) is 0 Å². The van der Waals surface area contributed by atoms with Gasteiger partial charge in [-0.15, -0.1) is 0 Å². The molecule has 0 heterocycles. The summed E-state index contributed by atoms with van der Waals surface area (Å²) in [5, 5.41) is 15.3. The van der Waals surface area contributed by atoms with Crippen LogP contribution in [0, 0.1) is 13.8 Å². The fourth-order valence-electron chi connectivity index (χ4n) is 0.663. The van der Waals surface area contributed by atoms with Gasteiger partial charge in [0.25, 0.3) is 0 Å². The average Bonchev–Trinajstić information content (AvgIpc) is 1.94. The molecule has 0 bridgehead atoms. The number of benzene rings is 1. The molecule has 4 heteroatoms. The van der Waals surface area contributed by atoms with E-state index in [4.69, 9.17) is 15.0 Å². The van der Waals surface area contributed by atoms with Gasteiger partial charge in [0, 0.05) is 0 Å². The van der Waals surface area contributed by atoms with Crippen LogP contribution in [0.25, 0.3) is 0 Å². The molecule has 0 saturated heterocycles. The number of carboxylic acid groups (broad SMARTS) is 2. The summed E-state index contributed by atoms with van der Waals surface area (Å²) in [4.78, 5) is 8.44. The third-order valence-corrected chi connectivity index (χ3v) is 1.43. The van der Waals surface area contributed by atoms with Crippen molar-refractivity contribution in [2.24, 2.45) is 0 Å². The number of aryl methyl sites for hydroxylation is 2. The third kappa shape index (κ3) is 9.40. The Hall–Kier alpha value is -0.510. The molecule has 0 aliphatic carbocycles. The van der Waals surface area contributed by atoms with E-state index in [2.05, 4.69) is 38.1 Å². The monoisotopic (exact) mass is 190 g/mol. The first-order chi connectivity index (χ1) is 5.54. The Morgan fingerprint density at radius 3 is 1.62 bits per heavy atom. The summed E-state index contributed by atoms with van der Waals surface area (Å²) < 4.78 is 0. The summed E-state index contributed by atoms with van der Waals surface area (Å²) in [7, 11) is 0. The molecule has 1 rings (SSSR count). The second-order valence-corrected chi connectivity index (χ2v) is 2.35. The minimum atomic E-state index is -2.08. The van der Waals surface area contributed by atoms with Crippen LogP contribution >= 0.6 is 0 Å². The molecule has 0 aliphatic rings. The normalized spacial score (nSPS) is 7.54. The van der Waals surface area contributed by atoms with E-state index < -0.39 is 6.16 Å². The molecule has 66 valence electrons. The largest absolute Gasteiger partial charge is 1.00 e. The van der Waals surface area contributed by atoms with E-state index in [-0.39, 0.29) is 29.6 Å². The summed E-state index contributed by atoms with van der Waals surface area (Å²) in [5.74, 6) is 0. The van der Waals surface area contributed by atoms with Gasteiger partial charge in [0.15, 0.2) is 0 Å². The van der Waals surface area contributed by atoms with E-state index in [1.807, 2.05) is 0 Å². The van der Waals surface area contributed by atoms with Crippen molar-refractivity contribution in [3.05, 3.63) is 35.4 Å². The summed E-state index contributed by atoms with van der Waals surface area (Å²) in [6.45, 7) is 4.24. The summed E-state index contributed by atoms with van der Waals surface area (Å²) in [6.07, 6.45) is -2.08. The second-order valence-electron chi connectivity index (χ2n) is 2.35. The fourth-order valence-corrected chi connectivity index (χ4v) is 0.663. The van der Waals surface area contributed by atoms with Crippen molar-refractivity contribution in [1.29, 1.82) is 0 Å². The topological polar surface area (TPSA) is 60.4 Å². The number of hydrogen-bond donors (Lipinski definition) is 1. The molecular formula is C9H11NaO3. The minimum absolute atomic E-state index is 0. The molecule has 0 radical (unpaired) electrons. The molecule has 1 aromatic rings. The van der Waals surface area contributed by atoms with Crippen molar-refractivity contribution < 1.29 is 44.6 Å². The number of rotatable bonds is 0. The standard InChI is InChI=1S/C8H10.CH2O3.Na/c1-7-5-3-4-6-8(7)2;2-1(3)4;/h3-6H,1-2H3;(H2,2,3,4);/q;;+1/p-1. The maximum atomic E-state index is 8.44. The van der Waals surface area contributed by atoms with Gasteiger partial charge in [-0.25, -0.2) is 0 Å². The zero-order chi connectivity index (χ0) is 9.56. The zero-order valence-electron chi connectivity index (χ0n) is 8.07. The van der Waals surface area contributed by atoms with E-state index in [1.165, 1.54) is 11.1 Å². The molecule has 1 N–H and O–H groups in total. The van der Waals surface area contributed by atoms with E-state index in [9.17, 15) is 0 Å². The van der Waals surface area contributed by atoms with Crippen molar-refractivity contribution >= 4 is 6.16 Å². The Bertz CT molecular complexity index is 236. The van der Waals surface area contributed by atoms with Crippen molar-refractivity contribution in [2.45, 2.75) is 13.8 Å². The van der Waals surface area contributed by atoms with Crippen LogP contribution in [0.4, 0.5) is 4.79 Å².